The molecule has 2 aromatic carbocycles. The van der Waals surface area contributed by atoms with Gasteiger partial charge in [0.25, 0.3) is 5.91 Å². The highest BCUT2D eigenvalue weighted by Crippen LogP contribution is 2.30. The molecule has 1 unspecified atom stereocenters. The summed E-state index contributed by atoms with van der Waals surface area (Å²) >= 11 is 0. The van der Waals surface area contributed by atoms with Crippen molar-refractivity contribution in [1.29, 1.82) is 0 Å². The first-order valence-electron chi connectivity index (χ1n) is 19.6. The first-order valence-corrected chi connectivity index (χ1v) is 19.6. The van der Waals surface area contributed by atoms with Crippen LogP contribution in [0.3, 0.4) is 0 Å². The largest absolute Gasteiger partial charge is 0.491 e. The second kappa shape index (κ2) is 20.0. The van der Waals surface area contributed by atoms with E-state index in [0.29, 0.717) is 17.7 Å². The smallest absolute Gasteiger partial charge is 0.290 e. The third-order valence-corrected chi connectivity index (χ3v) is 10.5. The number of rotatable bonds is 12. The fraction of sp³-hybridized carbons (Fsp3) is 0.537. The van der Waals surface area contributed by atoms with E-state index in [1.807, 2.05) is 12.1 Å². The van der Waals surface area contributed by atoms with Gasteiger partial charge in [0, 0.05) is 27.1 Å². The number of nitrogens with one attached hydrogen (secondary N) is 4. The molecule has 3 aliphatic rings. The van der Waals surface area contributed by atoms with Gasteiger partial charge < -0.3 is 40.5 Å². The summed E-state index contributed by atoms with van der Waals surface area (Å²) in [6.45, 7) is 1.69. The van der Waals surface area contributed by atoms with Gasteiger partial charge in [0.05, 0.1) is 31.7 Å². The van der Waals surface area contributed by atoms with Crippen LogP contribution in [-0.2, 0) is 44.7 Å². The summed E-state index contributed by atoms with van der Waals surface area (Å²) in [6.07, 6.45) is 4.60. The lowest BCUT2D eigenvalue weighted by molar-refractivity contribution is -0.144. The average Bonchev–Trinajstić information content (AvgIpc) is 3.63. The van der Waals surface area contributed by atoms with Gasteiger partial charge in [-0.05, 0) is 48.4 Å². The molecule has 4 bridgehead atoms. The van der Waals surface area contributed by atoms with E-state index >= 15 is 0 Å². The molecular formula is C41H54N6O9. The zero-order valence-corrected chi connectivity index (χ0v) is 32.4. The van der Waals surface area contributed by atoms with Gasteiger partial charge in [-0.3, -0.25) is 33.6 Å². The Balaban J connectivity index is 1.28. The summed E-state index contributed by atoms with van der Waals surface area (Å²) in [4.78, 5) is 97.1. The van der Waals surface area contributed by atoms with Crippen LogP contribution in [0.15, 0.2) is 54.6 Å². The maximum Gasteiger partial charge on any atom is 0.290 e. The molecule has 0 radical (unpaired) electrons. The molecule has 2 heterocycles. The number of carbonyl (C=O) groups is 7. The minimum absolute atomic E-state index is 0.0447. The SMILES string of the molecule is CCCC(NC(=O)[C@@H]1C[C@@H]2CN1C(=O)[C@H](C1CCCCC1)NC(=O)Cc1cccc(c1)OCCO2)C(=O)C(=O)NCC(=O)N[C@H](C(=O)N(C)C)c1ccccc1. The molecule has 5 atom stereocenters. The minimum Gasteiger partial charge on any atom is -0.491 e. The lowest BCUT2D eigenvalue weighted by Crippen LogP contribution is -2.58. The van der Waals surface area contributed by atoms with Crippen LogP contribution in [0.4, 0.5) is 0 Å². The van der Waals surface area contributed by atoms with Gasteiger partial charge in [0.2, 0.25) is 35.3 Å². The van der Waals surface area contributed by atoms with Crippen LogP contribution in [0.5, 0.6) is 5.75 Å². The van der Waals surface area contributed by atoms with Crippen molar-refractivity contribution >= 4 is 41.2 Å². The van der Waals surface area contributed by atoms with E-state index in [0.717, 1.165) is 37.7 Å². The van der Waals surface area contributed by atoms with Crippen molar-refractivity contribution in [2.75, 3.05) is 40.4 Å². The zero-order valence-electron chi connectivity index (χ0n) is 32.4. The third-order valence-electron chi connectivity index (χ3n) is 10.5. The van der Waals surface area contributed by atoms with Gasteiger partial charge in [-0.2, -0.15) is 0 Å². The molecule has 2 aliphatic heterocycles. The van der Waals surface area contributed by atoms with Crippen molar-refractivity contribution < 1.29 is 43.0 Å². The van der Waals surface area contributed by atoms with E-state index in [4.69, 9.17) is 9.47 Å². The molecule has 1 saturated heterocycles. The predicted molar refractivity (Wildman–Crippen MR) is 205 cm³/mol. The Kier molecular flexibility index (Phi) is 15.0. The topological polar surface area (TPSA) is 193 Å². The van der Waals surface area contributed by atoms with Gasteiger partial charge in [0.1, 0.15) is 30.5 Å². The Morgan fingerprint density at radius 2 is 1.70 bits per heavy atom. The maximum atomic E-state index is 14.5. The molecule has 6 amide bonds. The second-order valence-electron chi connectivity index (χ2n) is 14.9. The normalized spacial score (nSPS) is 21.6. The van der Waals surface area contributed by atoms with Crippen LogP contribution in [0.25, 0.3) is 0 Å². The summed E-state index contributed by atoms with van der Waals surface area (Å²) < 4.78 is 12.0. The van der Waals surface area contributed by atoms with Crippen molar-refractivity contribution in [2.45, 2.75) is 95.0 Å². The van der Waals surface area contributed by atoms with Gasteiger partial charge in [0.15, 0.2) is 0 Å². The van der Waals surface area contributed by atoms with E-state index in [2.05, 4.69) is 21.3 Å². The maximum absolute atomic E-state index is 14.5. The Morgan fingerprint density at radius 3 is 2.41 bits per heavy atom. The summed E-state index contributed by atoms with van der Waals surface area (Å²) in [5.74, 6) is -3.97. The molecule has 56 heavy (non-hydrogen) atoms. The number of Topliss-reactive ketones (excluding diaryl/α,β-unsaturated/α-hetero) is 1. The number of benzene rings is 2. The van der Waals surface area contributed by atoms with Gasteiger partial charge in [-0.25, -0.2) is 0 Å². The molecule has 0 aromatic heterocycles. The second-order valence-corrected chi connectivity index (χ2v) is 14.9. The number of carbonyl (C=O) groups excluding carboxylic acids is 7. The molecule has 0 spiro atoms. The lowest BCUT2D eigenvalue weighted by Gasteiger charge is -2.35. The number of fused-ring (bicyclic) bond motifs is 4. The number of amides is 6. The molecule has 15 nitrogen and oxygen atoms in total. The van der Waals surface area contributed by atoms with Crippen molar-refractivity contribution in [3.05, 3.63) is 65.7 Å². The molecule has 15 heteroatoms. The predicted octanol–water partition coefficient (Wildman–Crippen LogP) is 1.59. The number of likely N-dealkylation sites (N-methyl/N-ethyl adjacent to an activating group) is 1. The Morgan fingerprint density at radius 1 is 0.946 bits per heavy atom. The minimum atomic E-state index is -1.24. The first-order chi connectivity index (χ1) is 26.9. The standard InChI is InChI=1S/C41H54N6O9/c1-4-12-31(37(50)39(52)42-24-34(49)45-35(40(53)46(2)3)27-14-7-5-8-15-27)43-38(51)32-23-30-25-47(32)41(54)36(28-16-9-6-10-17-28)44-33(48)22-26-13-11-18-29(21-26)55-19-20-56-30/h5,7-8,11,13-15,18,21,28,30-32,35-36H,4,6,9-10,12,16-17,19-20,22-25H2,1-3H3,(H,42,52)(H,43,51)(H,44,48)(H,45,49)/t30-,31?,32+,35+,36+/m1/s1. The Labute approximate surface area is 327 Å². The van der Waals surface area contributed by atoms with Gasteiger partial charge in [-0.1, -0.05) is 75.1 Å². The fourth-order valence-corrected chi connectivity index (χ4v) is 7.60. The quantitative estimate of drug-likeness (QED) is 0.232. The average molecular weight is 775 g/mol. The van der Waals surface area contributed by atoms with E-state index < -0.39 is 60.3 Å². The third kappa shape index (κ3) is 11.1. The summed E-state index contributed by atoms with van der Waals surface area (Å²) in [6, 6.07) is 11.7. The molecule has 302 valence electrons. The number of hydrogen-bond donors (Lipinski definition) is 4. The van der Waals surface area contributed by atoms with Crippen molar-refractivity contribution in [2.24, 2.45) is 5.92 Å². The number of ketones is 1. The summed E-state index contributed by atoms with van der Waals surface area (Å²) in [5.41, 5.74) is 1.28. The zero-order chi connectivity index (χ0) is 40.2. The highest BCUT2D eigenvalue weighted by molar-refractivity contribution is 6.38. The monoisotopic (exact) mass is 774 g/mol. The molecular weight excluding hydrogens is 720 g/mol. The molecule has 5 rings (SSSR count). The number of nitrogens with zero attached hydrogens (tertiary/aromatic N) is 2. The van der Waals surface area contributed by atoms with Crippen LogP contribution >= 0.6 is 0 Å². The Bertz CT molecular complexity index is 1730. The van der Waals surface area contributed by atoms with Gasteiger partial charge >= 0.3 is 0 Å². The van der Waals surface area contributed by atoms with Crippen molar-refractivity contribution in [3.8, 4) is 5.75 Å². The van der Waals surface area contributed by atoms with Gasteiger partial charge in [-0.15, -0.1) is 0 Å². The molecule has 4 N–H and O–H groups in total. The van der Waals surface area contributed by atoms with Crippen LogP contribution in [0.2, 0.25) is 0 Å². The summed E-state index contributed by atoms with van der Waals surface area (Å²) in [7, 11) is 3.12. The van der Waals surface area contributed by atoms with E-state index in [1.54, 1.807) is 63.5 Å². The lowest BCUT2D eigenvalue weighted by atomic mass is 9.83. The highest BCUT2D eigenvalue weighted by atomic mass is 16.5. The number of ether oxygens (including phenoxy) is 2. The molecule has 1 saturated carbocycles. The van der Waals surface area contributed by atoms with Crippen LogP contribution in [-0.4, -0.2) is 116 Å². The van der Waals surface area contributed by atoms with E-state index in [9.17, 15) is 33.6 Å². The molecule has 1 aliphatic carbocycles. The highest BCUT2D eigenvalue weighted by Gasteiger charge is 2.45. The number of hydrogen-bond acceptors (Lipinski definition) is 9. The van der Waals surface area contributed by atoms with E-state index in [1.165, 1.54) is 9.80 Å². The van der Waals surface area contributed by atoms with Crippen molar-refractivity contribution in [1.82, 2.24) is 31.1 Å². The van der Waals surface area contributed by atoms with Crippen LogP contribution in [0.1, 0.15) is 75.5 Å². The summed E-state index contributed by atoms with van der Waals surface area (Å²) in [5, 5.41) is 10.7. The Hall–Kier alpha value is -5.31. The van der Waals surface area contributed by atoms with E-state index in [-0.39, 0.29) is 62.7 Å². The molecule has 2 aromatic rings. The first kappa shape index (κ1) is 41.8. The van der Waals surface area contributed by atoms with Crippen LogP contribution < -0.4 is 26.0 Å². The van der Waals surface area contributed by atoms with Crippen LogP contribution in [0, 0.1) is 5.92 Å². The molecule has 2 fully saturated rings. The van der Waals surface area contributed by atoms with Crippen molar-refractivity contribution in [3.63, 3.8) is 0 Å². The fourth-order valence-electron chi connectivity index (χ4n) is 7.60.